The van der Waals surface area contributed by atoms with Crippen LogP contribution in [0.25, 0.3) is 0 Å². The van der Waals surface area contributed by atoms with Crippen molar-refractivity contribution >= 4 is 5.95 Å². The average Bonchev–Trinajstić information content (AvgIpc) is 2.76. The molecule has 0 unspecified atom stereocenters. The van der Waals surface area contributed by atoms with E-state index in [2.05, 4.69) is 28.0 Å². The maximum absolute atomic E-state index is 4.64. The topological polar surface area (TPSA) is 29.9 Å². The quantitative estimate of drug-likeness (QED) is 0.708. The van der Waals surface area contributed by atoms with Crippen molar-refractivity contribution in [2.45, 2.75) is 38.1 Å². The van der Waals surface area contributed by atoms with E-state index in [0.29, 0.717) is 5.41 Å². The highest BCUT2D eigenvalue weighted by Gasteiger charge is 2.41. The SMILES string of the molecule is CC1(c2cn3c(n2)NCCC3)CC1. The first kappa shape index (κ1) is 7.42. The zero-order valence-corrected chi connectivity index (χ0v) is 8.01. The van der Waals surface area contributed by atoms with Gasteiger partial charge in [0, 0.05) is 24.7 Å². The molecule has 1 aliphatic carbocycles. The summed E-state index contributed by atoms with van der Waals surface area (Å²) in [7, 11) is 0. The highest BCUT2D eigenvalue weighted by molar-refractivity contribution is 5.35. The summed E-state index contributed by atoms with van der Waals surface area (Å²) in [5.74, 6) is 1.08. The first-order valence-electron chi connectivity index (χ1n) is 5.09. The molecular weight excluding hydrogens is 162 g/mol. The van der Waals surface area contributed by atoms with Crippen molar-refractivity contribution in [3.8, 4) is 0 Å². The van der Waals surface area contributed by atoms with E-state index in [-0.39, 0.29) is 0 Å². The molecular formula is C10H15N3. The van der Waals surface area contributed by atoms with E-state index in [9.17, 15) is 0 Å². The van der Waals surface area contributed by atoms with Gasteiger partial charge in [-0.2, -0.15) is 0 Å². The Kier molecular flexibility index (Phi) is 1.30. The minimum atomic E-state index is 0.409. The number of anilines is 1. The molecule has 13 heavy (non-hydrogen) atoms. The number of hydrogen-bond acceptors (Lipinski definition) is 2. The summed E-state index contributed by atoms with van der Waals surface area (Å²) in [6.45, 7) is 4.51. The molecule has 3 heteroatoms. The number of hydrogen-bond donors (Lipinski definition) is 1. The third kappa shape index (κ3) is 1.06. The van der Waals surface area contributed by atoms with Crippen LogP contribution >= 0.6 is 0 Å². The molecule has 1 fully saturated rings. The van der Waals surface area contributed by atoms with Crippen LogP contribution in [0.1, 0.15) is 31.9 Å². The normalized spacial score (nSPS) is 23.5. The standard InChI is InChI=1S/C10H15N3/c1-10(3-4-10)8-7-13-6-2-5-11-9(13)12-8/h7H,2-6H2,1H3,(H,11,12). The molecule has 2 heterocycles. The van der Waals surface area contributed by atoms with Gasteiger partial charge in [0.15, 0.2) is 0 Å². The van der Waals surface area contributed by atoms with Crippen molar-refractivity contribution in [3.05, 3.63) is 11.9 Å². The molecule has 70 valence electrons. The zero-order chi connectivity index (χ0) is 8.89. The average molecular weight is 177 g/mol. The van der Waals surface area contributed by atoms with Gasteiger partial charge in [-0.15, -0.1) is 0 Å². The molecule has 3 rings (SSSR count). The van der Waals surface area contributed by atoms with E-state index in [1.54, 1.807) is 0 Å². The molecule has 1 aromatic rings. The smallest absolute Gasteiger partial charge is 0.203 e. The maximum atomic E-state index is 4.64. The molecule has 1 N–H and O–H groups in total. The first-order chi connectivity index (χ1) is 6.28. The van der Waals surface area contributed by atoms with Crippen LogP contribution < -0.4 is 5.32 Å². The number of imidazole rings is 1. The number of rotatable bonds is 1. The van der Waals surface area contributed by atoms with Crippen LogP contribution in [0.3, 0.4) is 0 Å². The molecule has 1 aromatic heterocycles. The summed E-state index contributed by atoms with van der Waals surface area (Å²) in [6.07, 6.45) is 6.07. The predicted molar refractivity (Wildman–Crippen MR) is 51.9 cm³/mol. The van der Waals surface area contributed by atoms with E-state index in [1.807, 2.05) is 0 Å². The minimum absolute atomic E-state index is 0.409. The zero-order valence-electron chi connectivity index (χ0n) is 8.01. The largest absolute Gasteiger partial charge is 0.356 e. The van der Waals surface area contributed by atoms with E-state index < -0.39 is 0 Å². The second kappa shape index (κ2) is 2.28. The van der Waals surface area contributed by atoms with Gasteiger partial charge < -0.3 is 9.88 Å². The third-order valence-electron chi connectivity index (χ3n) is 3.25. The molecule has 0 bridgehead atoms. The number of aromatic nitrogens is 2. The van der Waals surface area contributed by atoms with Crippen LogP contribution in [0.2, 0.25) is 0 Å². The molecule has 0 amide bonds. The third-order valence-corrected chi connectivity index (χ3v) is 3.25. The van der Waals surface area contributed by atoms with Crippen LogP contribution in [-0.2, 0) is 12.0 Å². The Labute approximate surface area is 78.2 Å². The van der Waals surface area contributed by atoms with Gasteiger partial charge in [0.1, 0.15) is 0 Å². The molecule has 0 spiro atoms. The first-order valence-corrected chi connectivity index (χ1v) is 5.09. The number of aryl methyl sites for hydroxylation is 1. The van der Waals surface area contributed by atoms with Crippen molar-refractivity contribution in [1.29, 1.82) is 0 Å². The Morgan fingerprint density at radius 3 is 3.08 bits per heavy atom. The van der Waals surface area contributed by atoms with Gasteiger partial charge in [0.05, 0.1) is 5.69 Å². The molecule has 0 radical (unpaired) electrons. The summed E-state index contributed by atoms with van der Waals surface area (Å²) >= 11 is 0. The molecule has 2 aliphatic rings. The van der Waals surface area contributed by atoms with Gasteiger partial charge in [-0.3, -0.25) is 0 Å². The highest BCUT2D eigenvalue weighted by Crippen LogP contribution is 2.47. The lowest BCUT2D eigenvalue weighted by molar-refractivity contribution is 0.626. The molecule has 0 saturated heterocycles. The lowest BCUT2D eigenvalue weighted by atomic mass is 10.1. The van der Waals surface area contributed by atoms with Gasteiger partial charge in [0.2, 0.25) is 5.95 Å². The van der Waals surface area contributed by atoms with Crippen LogP contribution in [0.4, 0.5) is 5.95 Å². The van der Waals surface area contributed by atoms with Crippen molar-refractivity contribution in [1.82, 2.24) is 9.55 Å². The van der Waals surface area contributed by atoms with Crippen molar-refractivity contribution in [3.63, 3.8) is 0 Å². The monoisotopic (exact) mass is 177 g/mol. The molecule has 1 saturated carbocycles. The van der Waals surface area contributed by atoms with E-state index in [1.165, 1.54) is 25.0 Å². The van der Waals surface area contributed by atoms with Crippen LogP contribution in [0.5, 0.6) is 0 Å². The lowest BCUT2D eigenvalue weighted by Gasteiger charge is -2.14. The summed E-state index contributed by atoms with van der Waals surface area (Å²) in [5, 5.41) is 3.33. The van der Waals surface area contributed by atoms with Crippen molar-refractivity contribution in [2.75, 3.05) is 11.9 Å². The second-order valence-electron chi connectivity index (χ2n) is 4.48. The second-order valence-corrected chi connectivity index (χ2v) is 4.48. The summed E-state index contributed by atoms with van der Waals surface area (Å²) < 4.78 is 2.25. The van der Waals surface area contributed by atoms with Gasteiger partial charge in [0.25, 0.3) is 0 Å². The fraction of sp³-hybridized carbons (Fsp3) is 0.700. The van der Waals surface area contributed by atoms with Gasteiger partial charge in [-0.25, -0.2) is 4.98 Å². The number of fused-ring (bicyclic) bond motifs is 1. The van der Waals surface area contributed by atoms with Crippen molar-refractivity contribution in [2.24, 2.45) is 0 Å². The molecule has 1 aliphatic heterocycles. The predicted octanol–water partition coefficient (Wildman–Crippen LogP) is 1.75. The molecule has 3 nitrogen and oxygen atoms in total. The van der Waals surface area contributed by atoms with Crippen LogP contribution in [0.15, 0.2) is 6.20 Å². The fourth-order valence-corrected chi connectivity index (χ4v) is 1.91. The Hall–Kier alpha value is -0.990. The Morgan fingerprint density at radius 1 is 1.54 bits per heavy atom. The fourth-order valence-electron chi connectivity index (χ4n) is 1.91. The summed E-state index contributed by atoms with van der Waals surface area (Å²) in [5.41, 5.74) is 1.70. The summed E-state index contributed by atoms with van der Waals surface area (Å²) in [6, 6.07) is 0. The van der Waals surface area contributed by atoms with Gasteiger partial charge in [-0.1, -0.05) is 6.92 Å². The highest BCUT2D eigenvalue weighted by atomic mass is 15.2. The maximum Gasteiger partial charge on any atom is 0.203 e. The Morgan fingerprint density at radius 2 is 2.38 bits per heavy atom. The number of nitrogens with zero attached hydrogens (tertiary/aromatic N) is 2. The van der Waals surface area contributed by atoms with Crippen molar-refractivity contribution < 1.29 is 0 Å². The minimum Gasteiger partial charge on any atom is -0.356 e. The van der Waals surface area contributed by atoms with E-state index in [4.69, 9.17) is 0 Å². The number of nitrogens with one attached hydrogen (secondary N) is 1. The van der Waals surface area contributed by atoms with E-state index >= 15 is 0 Å². The molecule has 0 aromatic carbocycles. The Bertz CT molecular complexity index is 312. The van der Waals surface area contributed by atoms with Gasteiger partial charge >= 0.3 is 0 Å². The van der Waals surface area contributed by atoms with E-state index in [0.717, 1.165) is 19.0 Å². The molecule has 0 atom stereocenters. The van der Waals surface area contributed by atoms with Crippen LogP contribution in [0, 0.1) is 0 Å². The lowest BCUT2D eigenvalue weighted by Crippen LogP contribution is -2.16. The van der Waals surface area contributed by atoms with Gasteiger partial charge in [-0.05, 0) is 19.3 Å². The van der Waals surface area contributed by atoms with Crippen LogP contribution in [-0.4, -0.2) is 16.1 Å². The Balaban J connectivity index is 2.00. The summed E-state index contributed by atoms with van der Waals surface area (Å²) in [4.78, 5) is 4.64.